The van der Waals surface area contributed by atoms with E-state index in [4.69, 9.17) is 15.6 Å². The molecule has 1 aromatic carbocycles. The molecule has 17 heavy (non-hydrogen) atoms. The molecule has 0 aliphatic heterocycles. The normalized spacial score (nSPS) is 12.5. The Balaban J connectivity index is 2.78. The van der Waals surface area contributed by atoms with E-state index in [-0.39, 0.29) is 12.6 Å². The van der Waals surface area contributed by atoms with Gasteiger partial charge in [-0.3, -0.25) is 0 Å². The summed E-state index contributed by atoms with van der Waals surface area (Å²) in [5, 5.41) is 12.4. The van der Waals surface area contributed by atoms with Gasteiger partial charge in [0.2, 0.25) is 0 Å². The monoisotopic (exact) mass is 238 g/mol. The lowest BCUT2D eigenvalue weighted by Gasteiger charge is -2.23. The van der Waals surface area contributed by atoms with E-state index in [0.717, 1.165) is 12.1 Å². The zero-order chi connectivity index (χ0) is 12.8. The Kier molecular flexibility index (Phi) is 5.10. The molecular formula is C13H22N2O2. The molecule has 1 rings (SSSR count). The van der Waals surface area contributed by atoms with Crippen molar-refractivity contribution in [3.8, 4) is 5.75 Å². The summed E-state index contributed by atoms with van der Waals surface area (Å²) >= 11 is 0. The first kappa shape index (κ1) is 13.6. The summed E-state index contributed by atoms with van der Waals surface area (Å²) in [4.78, 5) is 0. The lowest BCUT2D eigenvalue weighted by Crippen LogP contribution is -2.26. The lowest BCUT2D eigenvalue weighted by molar-refractivity contribution is 0.267. The zero-order valence-electron chi connectivity index (χ0n) is 10.7. The maximum atomic E-state index is 9.02. The standard InChI is InChI=1S/C13H22N2O2/c1-9(2)12(6-7-16)15-10-4-5-11(14)13(8-10)17-3/h4-5,8-9,12,15-16H,6-7,14H2,1-3H3. The summed E-state index contributed by atoms with van der Waals surface area (Å²) in [6.07, 6.45) is 0.727. The molecule has 1 atom stereocenters. The van der Waals surface area contributed by atoms with E-state index >= 15 is 0 Å². The Labute approximate surface area is 103 Å². The van der Waals surface area contributed by atoms with Gasteiger partial charge in [-0.1, -0.05) is 13.8 Å². The van der Waals surface area contributed by atoms with Gasteiger partial charge in [-0.25, -0.2) is 0 Å². The van der Waals surface area contributed by atoms with Gasteiger partial charge in [0.1, 0.15) is 5.75 Å². The van der Waals surface area contributed by atoms with Gasteiger partial charge in [0.15, 0.2) is 0 Å². The fraction of sp³-hybridized carbons (Fsp3) is 0.538. The van der Waals surface area contributed by atoms with Crippen LogP contribution in [0.1, 0.15) is 20.3 Å². The number of benzene rings is 1. The first-order chi connectivity index (χ1) is 8.08. The zero-order valence-corrected chi connectivity index (χ0v) is 10.7. The van der Waals surface area contributed by atoms with Crippen molar-refractivity contribution in [2.75, 3.05) is 24.8 Å². The van der Waals surface area contributed by atoms with Crippen molar-refractivity contribution >= 4 is 11.4 Å². The Morgan fingerprint density at radius 1 is 1.41 bits per heavy atom. The molecule has 0 amide bonds. The van der Waals surface area contributed by atoms with Crippen LogP contribution in [0.3, 0.4) is 0 Å². The number of nitrogens with one attached hydrogen (secondary N) is 1. The average Bonchev–Trinajstić information content (AvgIpc) is 2.30. The molecule has 0 radical (unpaired) electrons. The molecule has 1 unspecified atom stereocenters. The van der Waals surface area contributed by atoms with Crippen LogP contribution in [0.25, 0.3) is 0 Å². The second-order valence-corrected chi connectivity index (χ2v) is 4.46. The number of anilines is 2. The Bertz CT molecular complexity index is 353. The van der Waals surface area contributed by atoms with E-state index in [9.17, 15) is 0 Å². The Hall–Kier alpha value is -1.42. The molecule has 0 spiro atoms. The van der Waals surface area contributed by atoms with Crippen molar-refractivity contribution in [1.29, 1.82) is 0 Å². The van der Waals surface area contributed by atoms with Gasteiger partial charge in [-0.05, 0) is 24.5 Å². The second kappa shape index (κ2) is 6.35. The third-order valence-corrected chi connectivity index (χ3v) is 2.83. The first-order valence-electron chi connectivity index (χ1n) is 5.89. The number of rotatable bonds is 6. The van der Waals surface area contributed by atoms with Crippen molar-refractivity contribution in [2.45, 2.75) is 26.3 Å². The third-order valence-electron chi connectivity index (χ3n) is 2.83. The van der Waals surface area contributed by atoms with Crippen LogP contribution in [0.2, 0.25) is 0 Å². The highest BCUT2D eigenvalue weighted by atomic mass is 16.5. The minimum absolute atomic E-state index is 0.182. The molecule has 4 heteroatoms. The molecule has 0 saturated heterocycles. The molecule has 1 aromatic rings. The molecule has 0 aliphatic carbocycles. The van der Waals surface area contributed by atoms with Gasteiger partial charge in [-0.2, -0.15) is 0 Å². The van der Waals surface area contributed by atoms with E-state index in [2.05, 4.69) is 19.2 Å². The summed E-state index contributed by atoms with van der Waals surface area (Å²) in [6.45, 7) is 4.44. The number of methoxy groups -OCH3 is 1. The van der Waals surface area contributed by atoms with Gasteiger partial charge < -0.3 is 20.9 Å². The molecule has 0 saturated carbocycles. The first-order valence-corrected chi connectivity index (χ1v) is 5.89. The summed E-state index contributed by atoms with van der Waals surface area (Å²) in [5.74, 6) is 1.12. The molecule has 4 nitrogen and oxygen atoms in total. The maximum absolute atomic E-state index is 9.02. The highest BCUT2D eigenvalue weighted by Gasteiger charge is 2.13. The molecule has 0 fully saturated rings. The van der Waals surface area contributed by atoms with Crippen LogP contribution >= 0.6 is 0 Å². The number of aliphatic hydroxyl groups is 1. The smallest absolute Gasteiger partial charge is 0.143 e. The van der Waals surface area contributed by atoms with Crippen molar-refractivity contribution in [3.05, 3.63) is 18.2 Å². The van der Waals surface area contributed by atoms with Crippen LogP contribution in [0.15, 0.2) is 18.2 Å². The van der Waals surface area contributed by atoms with E-state index in [1.807, 2.05) is 18.2 Å². The van der Waals surface area contributed by atoms with Gasteiger partial charge in [0, 0.05) is 24.4 Å². The lowest BCUT2D eigenvalue weighted by atomic mass is 10.0. The van der Waals surface area contributed by atoms with Gasteiger partial charge in [0.05, 0.1) is 12.8 Å². The number of aliphatic hydroxyl groups excluding tert-OH is 1. The number of hydrogen-bond donors (Lipinski definition) is 3. The molecular weight excluding hydrogens is 216 g/mol. The average molecular weight is 238 g/mol. The van der Waals surface area contributed by atoms with Crippen LogP contribution in [-0.4, -0.2) is 24.9 Å². The topological polar surface area (TPSA) is 67.5 Å². The molecule has 0 heterocycles. The number of nitrogens with two attached hydrogens (primary N) is 1. The van der Waals surface area contributed by atoms with Gasteiger partial charge in [-0.15, -0.1) is 0 Å². The van der Waals surface area contributed by atoms with Crippen LogP contribution in [0, 0.1) is 5.92 Å². The quantitative estimate of drug-likeness (QED) is 0.664. The SMILES string of the molecule is COc1cc(NC(CCO)C(C)C)ccc1N. The van der Waals surface area contributed by atoms with Crippen LogP contribution < -0.4 is 15.8 Å². The summed E-state index contributed by atoms with van der Waals surface area (Å²) in [5.41, 5.74) is 7.34. The fourth-order valence-electron chi connectivity index (χ4n) is 1.73. The van der Waals surface area contributed by atoms with Crippen molar-refractivity contribution < 1.29 is 9.84 Å². The summed E-state index contributed by atoms with van der Waals surface area (Å²) in [6, 6.07) is 5.86. The second-order valence-electron chi connectivity index (χ2n) is 4.46. The highest BCUT2D eigenvalue weighted by molar-refractivity contribution is 5.61. The predicted octanol–water partition coefficient (Wildman–Crippen LogP) is 2.10. The molecule has 0 aromatic heterocycles. The van der Waals surface area contributed by atoms with E-state index in [1.165, 1.54) is 0 Å². The van der Waals surface area contributed by atoms with Crippen molar-refractivity contribution in [1.82, 2.24) is 0 Å². The molecule has 0 aliphatic rings. The number of hydrogen-bond acceptors (Lipinski definition) is 4. The minimum atomic E-state index is 0.182. The number of nitrogen functional groups attached to an aromatic ring is 1. The molecule has 96 valence electrons. The van der Waals surface area contributed by atoms with Crippen LogP contribution in [0.4, 0.5) is 11.4 Å². The van der Waals surface area contributed by atoms with Crippen LogP contribution in [-0.2, 0) is 0 Å². The number of ether oxygens (including phenoxy) is 1. The van der Waals surface area contributed by atoms with Crippen molar-refractivity contribution in [3.63, 3.8) is 0 Å². The minimum Gasteiger partial charge on any atom is -0.495 e. The van der Waals surface area contributed by atoms with E-state index in [0.29, 0.717) is 17.4 Å². The van der Waals surface area contributed by atoms with E-state index < -0.39 is 0 Å². The van der Waals surface area contributed by atoms with Crippen molar-refractivity contribution in [2.24, 2.45) is 5.92 Å². The third kappa shape index (κ3) is 3.82. The fourth-order valence-corrected chi connectivity index (χ4v) is 1.73. The van der Waals surface area contributed by atoms with Gasteiger partial charge >= 0.3 is 0 Å². The molecule has 0 bridgehead atoms. The highest BCUT2D eigenvalue weighted by Crippen LogP contribution is 2.26. The largest absolute Gasteiger partial charge is 0.495 e. The van der Waals surface area contributed by atoms with Gasteiger partial charge in [0.25, 0.3) is 0 Å². The predicted molar refractivity (Wildman–Crippen MR) is 71.4 cm³/mol. The molecule has 4 N–H and O–H groups in total. The van der Waals surface area contributed by atoms with E-state index in [1.54, 1.807) is 7.11 Å². The Morgan fingerprint density at radius 3 is 2.65 bits per heavy atom. The van der Waals surface area contributed by atoms with Crippen LogP contribution in [0.5, 0.6) is 5.75 Å². The Morgan fingerprint density at radius 2 is 2.12 bits per heavy atom. The summed E-state index contributed by atoms with van der Waals surface area (Å²) < 4.78 is 5.17. The summed E-state index contributed by atoms with van der Waals surface area (Å²) in [7, 11) is 1.60. The maximum Gasteiger partial charge on any atom is 0.143 e.